The molecule has 0 bridgehead atoms. The molecule has 0 aromatic heterocycles. The van der Waals surface area contributed by atoms with Gasteiger partial charge in [0.25, 0.3) is 0 Å². The van der Waals surface area contributed by atoms with Crippen LogP contribution in [0.4, 0.5) is 0 Å². The van der Waals surface area contributed by atoms with Crippen LogP contribution < -0.4 is 5.73 Å². The summed E-state index contributed by atoms with van der Waals surface area (Å²) in [6.45, 7) is 3.39. The molecule has 0 aliphatic carbocycles. The molecule has 0 heterocycles. The molecule has 2 atom stereocenters. The van der Waals surface area contributed by atoms with Crippen LogP contribution in [0.3, 0.4) is 0 Å². The van der Waals surface area contributed by atoms with E-state index in [1.165, 1.54) is 0 Å². The van der Waals surface area contributed by atoms with Gasteiger partial charge < -0.3 is 20.1 Å². The third-order valence-electron chi connectivity index (χ3n) is 12.7. The summed E-state index contributed by atoms with van der Waals surface area (Å²) in [6.07, 6.45) is 114. The van der Waals surface area contributed by atoms with E-state index >= 15 is 0 Å². The number of carbonyl (C=O) groups is 2. The maximum atomic E-state index is 12.7. The Morgan fingerprint density at radius 2 is 0.584 bits per heavy atom. The van der Waals surface area contributed by atoms with Crippen molar-refractivity contribution in [2.75, 3.05) is 26.4 Å². The number of phosphoric ester groups is 1. The van der Waals surface area contributed by atoms with Crippen LogP contribution in [0.1, 0.15) is 206 Å². The van der Waals surface area contributed by atoms with E-state index in [4.69, 9.17) is 24.3 Å². The van der Waals surface area contributed by atoms with Crippen molar-refractivity contribution in [2.45, 2.75) is 213 Å². The van der Waals surface area contributed by atoms with E-state index in [0.29, 0.717) is 12.8 Å². The molecule has 3 N–H and O–H groups in total. The molecule has 2 unspecified atom stereocenters. The fourth-order valence-corrected chi connectivity index (χ4v) is 8.63. The van der Waals surface area contributed by atoms with Gasteiger partial charge in [-0.15, -0.1) is 0 Å². The molecule has 0 saturated heterocycles. The highest BCUT2D eigenvalue weighted by Crippen LogP contribution is 2.43. The molecule has 0 aromatic rings. The van der Waals surface area contributed by atoms with Gasteiger partial charge in [0.2, 0.25) is 0 Å². The van der Waals surface area contributed by atoms with E-state index in [2.05, 4.69) is 257 Å². The minimum Gasteiger partial charge on any atom is -0.462 e. The lowest BCUT2D eigenvalue weighted by molar-refractivity contribution is -0.161. The molecule has 0 aliphatic rings. The summed E-state index contributed by atoms with van der Waals surface area (Å²) in [5.74, 6) is -0.929. The summed E-state index contributed by atoms with van der Waals surface area (Å²) >= 11 is 0. The molecule has 0 rings (SSSR count). The van der Waals surface area contributed by atoms with Crippen molar-refractivity contribution >= 4 is 19.8 Å². The van der Waals surface area contributed by atoms with E-state index in [1.54, 1.807) is 0 Å². The van der Waals surface area contributed by atoms with Crippen LogP contribution in [0.2, 0.25) is 0 Å². The highest BCUT2D eigenvalue weighted by Gasteiger charge is 2.26. The Kier molecular flexibility index (Phi) is 66.0. The van der Waals surface area contributed by atoms with Gasteiger partial charge in [-0.3, -0.25) is 18.6 Å². The van der Waals surface area contributed by atoms with Crippen LogP contribution in [0.25, 0.3) is 0 Å². The lowest BCUT2D eigenvalue weighted by Crippen LogP contribution is -2.29. The number of carbonyl (C=O) groups excluding carboxylic acids is 2. The molecule has 9 nitrogen and oxygen atoms in total. The largest absolute Gasteiger partial charge is 0.472 e. The fourth-order valence-electron chi connectivity index (χ4n) is 7.87. The summed E-state index contributed by atoms with van der Waals surface area (Å²) < 4.78 is 33.0. The highest BCUT2D eigenvalue weighted by atomic mass is 31.2. The van der Waals surface area contributed by atoms with Gasteiger partial charge in [-0.1, -0.05) is 270 Å². The quantitative estimate of drug-likeness (QED) is 0.0264. The molecule has 0 fully saturated rings. The van der Waals surface area contributed by atoms with Crippen molar-refractivity contribution < 1.29 is 37.6 Å². The lowest BCUT2D eigenvalue weighted by atomic mass is 10.1. The molecule has 0 saturated carbocycles. The van der Waals surface area contributed by atoms with Crippen molar-refractivity contribution in [2.24, 2.45) is 5.73 Å². The molecule has 492 valence electrons. The highest BCUT2D eigenvalue weighted by molar-refractivity contribution is 7.47. The molecule has 0 radical (unpaired) electrons. The lowest BCUT2D eigenvalue weighted by Gasteiger charge is -2.19. The van der Waals surface area contributed by atoms with Crippen molar-refractivity contribution in [1.29, 1.82) is 0 Å². The molecular formula is C79H118NO8P. The molecule has 10 heteroatoms. The van der Waals surface area contributed by atoms with E-state index in [9.17, 15) is 19.0 Å². The van der Waals surface area contributed by atoms with E-state index in [1.807, 2.05) is 0 Å². The minimum atomic E-state index is -4.43. The van der Waals surface area contributed by atoms with Gasteiger partial charge in [-0.2, -0.15) is 0 Å². The summed E-state index contributed by atoms with van der Waals surface area (Å²) in [6, 6.07) is 0. The topological polar surface area (TPSA) is 134 Å². The van der Waals surface area contributed by atoms with Gasteiger partial charge >= 0.3 is 19.8 Å². The third kappa shape index (κ3) is 70.8. The maximum absolute atomic E-state index is 12.7. The summed E-state index contributed by atoms with van der Waals surface area (Å²) in [5, 5.41) is 0. The molecular weight excluding hydrogens is 1120 g/mol. The molecule has 89 heavy (non-hydrogen) atoms. The van der Waals surface area contributed by atoms with Gasteiger partial charge in [0.1, 0.15) is 6.61 Å². The Morgan fingerprint density at radius 1 is 0.337 bits per heavy atom. The Labute approximate surface area is 542 Å². The number of nitrogens with two attached hydrogens (primary N) is 1. The standard InChI is InChI=1S/C79H118NO8P/c1-3-5-7-9-11-13-15-17-19-21-23-25-27-29-31-33-35-36-37-38-39-40-42-44-46-48-50-52-54-56-58-60-62-64-66-68-70-72-79(82)88-77(76-87-89(83,84)86-74-73-80)75-85-78(81)71-69-67-65-63-61-59-57-55-53-51-49-47-45-43-41-34-32-30-28-26-24-22-20-18-16-14-12-10-8-6-4-2/h5-8,11-14,17-20,23-26,29-32,35-36,38-39,41-44,47-50,53-56,59-62,77H,3-4,9-10,15-16,21-22,27-28,33-34,37,40,45-46,51-52,57-58,63-76,80H2,1-2H3,(H,83,84)/b7-5-,8-6-,13-11-,14-12-,19-17-,20-18-,25-23-,26-24-,31-29-,32-30-,36-35-,39-38-,43-41-,44-42-,49-47-,50-48-,55-53-,56-54-,61-59-,62-60-. The SMILES string of the molecule is CC/C=C\C/C=C\C/C=C\C/C=C\C/C=C\C/C=C\C/C=C\C/C=C\C/C=C\C/C=C\C/C=C\CCCCCC(=O)OC(COC(=O)CCCCC/C=C\C/C=C\C/C=C\C/C=C\C/C=C\C/C=C\C/C=C\C/C=C\C/C=C\CC)COP(=O)(O)OCCN. The first kappa shape index (κ1) is 82.8. The maximum Gasteiger partial charge on any atom is 0.472 e. The minimum absolute atomic E-state index is 0.0281. The molecule has 0 aromatic carbocycles. The average Bonchev–Trinajstić information content (AvgIpc) is 3.68. The van der Waals surface area contributed by atoms with Crippen molar-refractivity contribution in [3.8, 4) is 0 Å². The van der Waals surface area contributed by atoms with Gasteiger partial charge in [0, 0.05) is 19.4 Å². The van der Waals surface area contributed by atoms with Gasteiger partial charge in [-0.05, 0) is 167 Å². The second-order valence-electron chi connectivity index (χ2n) is 20.9. The number of unbranched alkanes of at least 4 members (excludes halogenated alkanes) is 6. The Balaban J connectivity index is 4.17. The van der Waals surface area contributed by atoms with Crippen molar-refractivity contribution in [3.05, 3.63) is 243 Å². The first-order valence-corrected chi connectivity index (χ1v) is 35.0. The zero-order chi connectivity index (χ0) is 64.4. The average molecular weight is 1240 g/mol. The van der Waals surface area contributed by atoms with Crippen LogP contribution in [-0.4, -0.2) is 49.3 Å². The van der Waals surface area contributed by atoms with E-state index in [-0.39, 0.29) is 32.6 Å². The van der Waals surface area contributed by atoms with Crippen LogP contribution in [0.5, 0.6) is 0 Å². The Morgan fingerprint density at radius 3 is 0.843 bits per heavy atom. The van der Waals surface area contributed by atoms with Crippen molar-refractivity contribution in [3.63, 3.8) is 0 Å². The van der Waals surface area contributed by atoms with Crippen LogP contribution in [-0.2, 0) is 32.7 Å². The summed E-state index contributed by atoms with van der Waals surface area (Å²) in [5.41, 5.74) is 5.39. The zero-order valence-electron chi connectivity index (χ0n) is 55.0. The number of hydrogen-bond donors (Lipinski definition) is 2. The summed E-state index contributed by atoms with van der Waals surface area (Å²) in [4.78, 5) is 35.3. The third-order valence-corrected chi connectivity index (χ3v) is 13.7. The van der Waals surface area contributed by atoms with Crippen LogP contribution in [0, 0.1) is 0 Å². The normalized spacial score (nSPS) is 14.5. The fraction of sp³-hybridized carbons (Fsp3) is 0.468. The predicted octanol–water partition coefficient (Wildman–Crippen LogP) is 22.4. The van der Waals surface area contributed by atoms with E-state index < -0.39 is 32.5 Å². The number of phosphoric acid groups is 1. The monoisotopic (exact) mass is 1240 g/mol. The van der Waals surface area contributed by atoms with Crippen LogP contribution >= 0.6 is 7.82 Å². The van der Waals surface area contributed by atoms with Crippen molar-refractivity contribution in [1.82, 2.24) is 0 Å². The number of ether oxygens (including phenoxy) is 2. The first-order valence-electron chi connectivity index (χ1n) is 33.5. The Bertz CT molecular complexity index is 2360. The second kappa shape index (κ2) is 70.9. The van der Waals surface area contributed by atoms with Gasteiger partial charge in [0.05, 0.1) is 13.2 Å². The molecule has 0 aliphatic heterocycles. The smallest absolute Gasteiger partial charge is 0.462 e. The van der Waals surface area contributed by atoms with Gasteiger partial charge in [0.15, 0.2) is 6.10 Å². The summed E-state index contributed by atoms with van der Waals surface area (Å²) in [7, 11) is -4.43. The zero-order valence-corrected chi connectivity index (χ0v) is 55.9. The number of esters is 2. The predicted molar refractivity (Wildman–Crippen MR) is 384 cm³/mol. The first-order chi connectivity index (χ1) is 43.8. The number of allylic oxidation sites excluding steroid dienone is 40. The Hall–Kier alpha value is -6.19. The van der Waals surface area contributed by atoms with E-state index in [0.717, 1.165) is 167 Å². The second-order valence-corrected chi connectivity index (χ2v) is 22.3. The number of rotatable bonds is 59. The van der Waals surface area contributed by atoms with Crippen LogP contribution in [0.15, 0.2) is 243 Å². The molecule has 0 spiro atoms. The van der Waals surface area contributed by atoms with Gasteiger partial charge in [-0.25, -0.2) is 4.57 Å². The molecule has 0 amide bonds. The number of hydrogen-bond acceptors (Lipinski definition) is 8.